The first-order valence-corrected chi connectivity index (χ1v) is 8.45. The fourth-order valence-corrected chi connectivity index (χ4v) is 3.47. The summed E-state index contributed by atoms with van der Waals surface area (Å²) in [7, 11) is 0. The molecular formula is C17H24O10. The van der Waals surface area contributed by atoms with Crippen LogP contribution < -0.4 is 0 Å². The summed E-state index contributed by atoms with van der Waals surface area (Å²) in [6.45, 7) is 6.02. The second-order valence-electron chi connectivity index (χ2n) is 6.82. The van der Waals surface area contributed by atoms with Gasteiger partial charge in [-0.25, -0.2) is 0 Å². The average molecular weight is 388 g/mol. The predicted molar refractivity (Wildman–Crippen MR) is 86.1 cm³/mol. The van der Waals surface area contributed by atoms with E-state index in [1.54, 1.807) is 6.92 Å². The first kappa shape index (κ1) is 21.1. The number of rotatable bonds is 6. The van der Waals surface area contributed by atoms with E-state index in [4.69, 9.17) is 28.4 Å². The zero-order chi connectivity index (χ0) is 20.4. The van der Waals surface area contributed by atoms with Crippen molar-refractivity contribution in [3.63, 3.8) is 0 Å². The number of hydrogen-bond donors (Lipinski definition) is 0. The maximum absolute atomic E-state index is 11.7. The maximum Gasteiger partial charge on any atom is 0.303 e. The molecule has 5 atom stereocenters. The highest BCUT2D eigenvalue weighted by atomic mass is 16.8. The summed E-state index contributed by atoms with van der Waals surface area (Å²) in [6, 6.07) is 0. The quantitative estimate of drug-likeness (QED) is 0.462. The molecule has 2 fully saturated rings. The Morgan fingerprint density at radius 2 is 1.70 bits per heavy atom. The molecule has 2 rings (SSSR count). The van der Waals surface area contributed by atoms with E-state index < -0.39 is 53.6 Å². The van der Waals surface area contributed by atoms with Gasteiger partial charge >= 0.3 is 23.9 Å². The molecule has 10 heteroatoms. The zero-order valence-corrected chi connectivity index (χ0v) is 15.9. The Bertz CT molecular complexity index is 631. The SMILES string of the molecule is CC(=O)OC[C@@H](OC(C)=O)[C@H]1O[C@@]2(C)C[C@](OC(C)=O)(CO2)[C@H]1OC(C)=O. The Kier molecular flexibility index (Phi) is 6.10. The molecule has 10 nitrogen and oxygen atoms in total. The predicted octanol–water partition coefficient (Wildman–Crippen LogP) is 0.250. The molecule has 0 aromatic rings. The lowest BCUT2D eigenvalue weighted by Crippen LogP contribution is -2.64. The molecule has 0 amide bonds. The summed E-state index contributed by atoms with van der Waals surface area (Å²) in [5.41, 5.74) is -1.32. The number of esters is 4. The van der Waals surface area contributed by atoms with Crippen molar-refractivity contribution in [3.8, 4) is 0 Å². The number of fused-ring (bicyclic) bond motifs is 2. The van der Waals surface area contributed by atoms with Gasteiger partial charge in [-0.1, -0.05) is 0 Å². The van der Waals surface area contributed by atoms with Crippen LogP contribution in [0.15, 0.2) is 0 Å². The van der Waals surface area contributed by atoms with Crippen LogP contribution in [0.5, 0.6) is 0 Å². The van der Waals surface area contributed by atoms with E-state index in [-0.39, 0.29) is 19.6 Å². The molecule has 0 spiro atoms. The molecule has 152 valence electrons. The summed E-state index contributed by atoms with van der Waals surface area (Å²) >= 11 is 0. The highest BCUT2D eigenvalue weighted by molar-refractivity contribution is 5.68. The van der Waals surface area contributed by atoms with E-state index >= 15 is 0 Å². The maximum atomic E-state index is 11.7. The molecular weight excluding hydrogens is 364 g/mol. The molecule has 0 unspecified atom stereocenters. The van der Waals surface area contributed by atoms with Crippen molar-refractivity contribution in [2.75, 3.05) is 13.2 Å². The fraction of sp³-hybridized carbons (Fsp3) is 0.765. The summed E-state index contributed by atoms with van der Waals surface area (Å²) in [5, 5.41) is 0. The summed E-state index contributed by atoms with van der Waals surface area (Å²) < 4.78 is 32.7. The van der Waals surface area contributed by atoms with E-state index in [9.17, 15) is 19.2 Å². The van der Waals surface area contributed by atoms with Crippen LogP contribution in [0.1, 0.15) is 41.0 Å². The fourth-order valence-electron chi connectivity index (χ4n) is 3.47. The van der Waals surface area contributed by atoms with E-state index in [1.807, 2.05) is 0 Å². The molecule has 2 aliphatic rings. The van der Waals surface area contributed by atoms with E-state index in [2.05, 4.69) is 0 Å². The Hall–Kier alpha value is -2.20. The standard InChI is InChI=1S/C17H24O10/c1-9(18)22-6-13(24-10(2)19)14-15(25-11(3)20)17(26-12(4)21)7-16(5,27-14)23-8-17/h13-15H,6-8H2,1-5H3/t13-,14-,15+,16+,17+/m1/s1. The van der Waals surface area contributed by atoms with Crippen molar-refractivity contribution < 1.29 is 47.6 Å². The molecule has 0 saturated carbocycles. The normalized spacial score (nSPS) is 32.9. The van der Waals surface area contributed by atoms with Crippen LogP contribution >= 0.6 is 0 Å². The monoisotopic (exact) mass is 388 g/mol. The Labute approximate surface area is 156 Å². The lowest BCUT2D eigenvalue weighted by atomic mass is 9.83. The second kappa shape index (κ2) is 7.81. The lowest BCUT2D eigenvalue weighted by molar-refractivity contribution is -0.290. The highest BCUT2D eigenvalue weighted by Gasteiger charge is 2.65. The third-order valence-electron chi connectivity index (χ3n) is 4.22. The molecule has 0 radical (unpaired) electrons. The van der Waals surface area contributed by atoms with Crippen LogP contribution in [0.25, 0.3) is 0 Å². The third-order valence-corrected chi connectivity index (χ3v) is 4.22. The minimum absolute atomic E-state index is 0.0715. The second-order valence-corrected chi connectivity index (χ2v) is 6.82. The topological polar surface area (TPSA) is 124 Å². The van der Waals surface area contributed by atoms with Crippen molar-refractivity contribution in [2.45, 2.75) is 70.7 Å². The Morgan fingerprint density at radius 1 is 1.04 bits per heavy atom. The van der Waals surface area contributed by atoms with E-state index in [0.717, 1.165) is 0 Å². The van der Waals surface area contributed by atoms with Crippen LogP contribution in [-0.4, -0.2) is 66.8 Å². The van der Waals surface area contributed by atoms with Crippen molar-refractivity contribution >= 4 is 23.9 Å². The molecule has 0 aromatic carbocycles. The minimum Gasteiger partial charge on any atom is -0.462 e. The lowest BCUT2D eigenvalue weighted by Gasteiger charge is -2.46. The number of carbonyl (C=O) groups excluding carboxylic acids is 4. The van der Waals surface area contributed by atoms with Gasteiger partial charge in [0.25, 0.3) is 0 Å². The Balaban J connectivity index is 2.42. The summed E-state index contributed by atoms with van der Waals surface area (Å²) in [5.74, 6) is -3.64. The first-order chi connectivity index (χ1) is 12.5. The van der Waals surface area contributed by atoms with Crippen LogP contribution in [0.4, 0.5) is 0 Å². The van der Waals surface area contributed by atoms with Crippen molar-refractivity contribution in [2.24, 2.45) is 0 Å². The van der Waals surface area contributed by atoms with Crippen LogP contribution in [0, 0.1) is 0 Å². The van der Waals surface area contributed by atoms with Gasteiger partial charge in [0.05, 0.1) is 6.61 Å². The van der Waals surface area contributed by atoms with Gasteiger partial charge in [0.1, 0.15) is 12.7 Å². The highest BCUT2D eigenvalue weighted by Crippen LogP contribution is 2.48. The van der Waals surface area contributed by atoms with Crippen molar-refractivity contribution in [3.05, 3.63) is 0 Å². The van der Waals surface area contributed by atoms with Gasteiger partial charge < -0.3 is 28.4 Å². The smallest absolute Gasteiger partial charge is 0.303 e. The number of carbonyl (C=O) groups is 4. The van der Waals surface area contributed by atoms with Crippen molar-refractivity contribution in [1.82, 2.24) is 0 Å². The minimum atomic E-state index is -1.32. The van der Waals surface area contributed by atoms with Crippen molar-refractivity contribution in [1.29, 1.82) is 0 Å². The summed E-state index contributed by atoms with van der Waals surface area (Å²) in [6.07, 6.45) is -3.20. The zero-order valence-electron chi connectivity index (χ0n) is 15.9. The Morgan fingerprint density at radius 3 is 2.22 bits per heavy atom. The molecule has 2 bridgehead atoms. The van der Waals surface area contributed by atoms with Crippen LogP contribution in [0.3, 0.4) is 0 Å². The molecule has 0 aromatic heterocycles. The largest absolute Gasteiger partial charge is 0.462 e. The molecule has 2 saturated heterocycles. The first-order valence-electron chi connectivity index (χ1n) is 8.45. The van der Waals surface area contributed by atoms with Crippen LogP contribution in [-0.2, 0) is 47.6 Å². The van der Waals surface area contributed by atoms with Gasteiger partial charge in [-0.3, -0.25) is 19.2 Å². The van der Waals surface area contributed by atoms with Gasteiger partial charge in [0.15, 0.2) is 23.6 Å². The van der Waals surface area contributed by atoms with Gasteiger partial charge in [-0.05, 0) is 6.92 Å². The van der Waals surface area contributed by atoms with Gasteiger partial charge in [-0.15, -0.1) is 0 Å². The van der Waals surface area contributed by atoms with Crippen LogP contribution in [0.2, 0.25) is 0 Å². The average Bonchev–Trinajstić information content (AvgIpc) is 2.78. The molecule has 0 aliphatic carbocycles. The summed E-state index contributed by atoms with van der Waals surface area (Å²) in [4.78, 5) is 46.1. The van der Waals surface area contributed by atoms with Gasteiger partial charge in [0, 0.05) is 34.1 Å². The van der Waals surface area contributed by atoms with E-state index in [1.165, 1.54) is 27.7 Å². The molecule has 2 heterocycles. The van der Waals surface area contributed by atoms with E-state index in [0.29, 0.717) is 0 Å². The molecule has 2 aliphatic heterocycles. The van der Waals surface area contributed by atoms with Gasteiger partial charge in [-0.2, -0.15) is 0 Å². The third kappa shape index (κ3) is 4.95. The molecule has 27 heavy (non-hydrogen) atoms. The molecule has 0 N–H and O–H groups in total. The number of ether oxygens (including phenoxy) is 6. The number of hydrogen-bond acceptors (Lipinski definition) is 10. The van der Waals surface area contributed by atoms with Gasteiger partial charge in [0.2, 0.25) is 0 Å².